The van der Waals surface area contributed by atoms with Gasteiger partial charge in [-0.3, -0.25) is 9.59 Å². The van der Waals surface area contributed by atoms with Crippen molar-refractivity contribution < 1.29 is 9.59 Å². The maximum atomic E-state index is 13.4. The van der Waals surface area contributed by atoms with E-state index in [2.05, 4.69) is 5.32 Å². The van der Waals surface area contributed by atoms with E-state index in [0.717, 1.165) is 22.4 Å². The van der Waals surface area contributed by atoms with Crippen molar-refractivity contribution in [2.75, 3.05) is 10.2 Å². The van der Waals surface area contributed by atoms with E-state index in [1.54, 1.807) is 30.3 Å². The van der Waals surface area contributed by atoms with Gasteiger partial charge < -0.3 is 5.32 Å². The van der Waals surface area contributed by atoms with Crippen LogP contribution in [0.3, 0.4) is 0 Å². The van der Waals surface area contributed by atoms with Crippen LogP contribution in [-0.4, -0.2) is 11.8 Å². The Balaban J connectivity index is 1.82. The van der Waals surface area contributed by atoms with Gasteiger partial charge in [0.15, 0.2) is 0 Å². The fraction of sp³-hybridized carbons (Fsp3) is 0.120. The zero-order valence-corrected chi connectivity index (χ0v) is 17.7. The number of carbonyl (C=O) groups excluding carboxylic acids is 2. The Morgan fingerprint density at radius 3 is 2.07 bits per heavy atom. The second-order valence-corrected chi connectivity index (χ2v) is 7.90. The van der Waals surface area contributed by atoms with Crippen LogP contribution in [-0.2, 0) is 9.59 Å². The summed E-state index contributed by atoms with van der Waals surface area (Å²) in [6.07, 6.45) is 0. The normalized spacial score (nSPS) is 13.9. The molecule has 0 fully saturated rings. The van der Waals surface area contributed by atoms with Crippen molar-refractivity contribution in [3.63, 3.8) is 0 Å². The van der Waals surface area contributed by atoms with Gasteiger partial charge in [-0.05, 0) is 73.9 Å². The summed E-state index contributed by atoms with van der Waals surface area (Å²) >= 11 is 6.03. The second-order valence-electron chi connectivity index (χ2n) is 7.46. The number of nitrogens with one attached hydrogen (secondary N) is 1. The van der Waals surface area contributed by atoms with Crippen molar-refractivity contribution >= 4 is 40.4 Å². The highest BCUT2D eigenvalue weighted by molar-refractivity contribution is 6.46. The van der Waals surface area contributed by atoms with E-state index in [1.165, 1.54) is 4.90 Å². The zero-order chi connectivity index (χ0) is 21.4. The number of benzene rings is 3. The lowest BCUT2D eigenvalue weighted by molar-refractivity contribution is -0.120. The number of nitrogens with zero attached hydrogens (tertiary/aromatic N) is 1. The van der Waals surface area contributed by atoms with E-state index in [1.807, 2.05) is 57.2 Å². The van der Waals surface area contributed by atoms with Crippen LogP contribution in [0.5, 0.6) is 0 Å². The lowest BCUT2D eigenvalue weighted by Crippen LogP contribution is -2.32. The first-order valence-electron chi connectivity index (χ1n) is 9.65. The zero-order valence-electron chi connectivity index (χ0n) is 17.0. The Morgan fingerprint density at radius 2 is 1.43 bits per heavy atom. The van der Waals surface area contributed by atoms with Crippen LogP contribution >= 0.6 is 11.6 Å². The van der Waals surface area contributed by atoms with Gasteiger partial charge in [-0.25, -0.2) is 4.90 Å². The highest BCUT2D eigenvalue weighted by atomic mass is 35.5. The molecule has 3 aromatic rings. The maximum Gasteiger partial charge on any atom is 0.282 e. The number of amides is 2. The quantitative estimate of drug-likeness (QED) is 0.558. The molecule has 0 spiro atoms. The molecule has 0 saturated carbocycles. The molecule has 0 saturated heterocycles. The van der Waals surface area contributed by atoms with Crippen LogP contribution in [0.1, 0.15) is 22.3 Å². The summed E-state index contributed by atoms with van der Waals surface area (Å²) in [6, 6.07) is 20.2. The van der Waals surface area contributed by atoms with Crippen molar-refractivity contribution in [2.24, 2.45) is 0 Å². The predicted octanol–water partition coefficient (Wildman–Crippen LogP) is 5.66. The molecule has 150 valence electrons. The summed E-state index contributed by atoms with van der Waals surface area (Å²) in [6.45, 7) is 5.95. The standard InChI is InChI=1S/C25H21ClN2O2/c1-15-4-11-20(12-5-15)27-23-22(18-7-9-19(26)10-8-18)24(29)28(25(23)30)21-13-6-16(2)17(3)14-21/h4-14,27H,1-3H3. The number of imide groups is 1. The third kappa shape index (κ3) is 3.62. The van der Waals surface area contributed by atoms with Crippen molar-refractivity contribution in [2.45, 2.75) is 20.8 Å². The highest BCUT2D eigenvalue weighted by Crippen LogP contribution is 2.34. The first-order chi connectivity index (χ1) is 14.3. The van der Waals surface area contributed by atoms with E-state index >= 15 is 0 Å². The third-order valence-corrected chi connectivity index (χ3v) is 5.54. The Labute approximate surface area is 180 Å². The highest BCUT2D eigenvalue weighted by Gasteiger charge is 2.40. The van der Waals surface area contributed by atoms with Crippen molar-refractivity contribution in [3.8, 4) is 0 Å². The molecule has 3 aromatic carbocycles. The number of carbonyl (C=O) groups is 2. The minimum absolute atomic E-state index is 0.254. The van der Waals surface area contributed by atoms with Gasteiger partial charge in [0.1, 0.15) is 5.70 Å². The molecule has 0 atom stereocenters. The van der Waals surface area contributed by atoms with Crippen LogP contribution in [0.4, 0.5) is 11.4 Å². The van der Waals surface area contributed by atoms with Gasteiger partial charge >= 0.3 is 0 Å². The van der Waals surface area contributed by atoms with E-state index in [-0.39, 0.29) is 17.5 Å². The molecule has 5 heteroatoms. The van der Waals surface area contributed by atoms with Crippen LogP contribution in [0.2, 0.25) is 5.02 Å². The Bertz CT molecular complexity index is 1180. The average molecular weight is 417 g/mol. The van der Waals surface area contributed by atoms with Crippen LogP contribution in [0, 0.1) is 20.8 Å². The smallest absolute Gasteiger partial charge is 0.282 e. The molecule has 0 aromatic heterocycles. The van der Waals surface area contributed by atoms with Gasteiger partial charge in [0.2, 0.25) is 0 Å². The van der Waals surface area contributed by atoms with Gasteiger partial charge in [-0.2, -0.15) is 0 Å². The number of halogens is 1. The van der Waals surface area contributed by atoms with E-state index < -0.39 is 0 Å². The molecule has 2 amide bonds. The molecule has 0 unspecified atom stereocenters. The molecule has 0 radical (unpaired) electrons. The molecule has 4 nitrogen and oxygen atoms in total. The van der Waals surface area contributed by atoms with Gasteiger partial charge in [0.25, 0.3) is 11.8 Å². The van der Waals surface area contributed by atoms with E-state index in [9.17, 15) is 9.59 Å². The van der Waals surface area contributed by atoms with Gasteiger partial charge in [-0.15, -0.1) is 0 Å². The summed E-state index contributed by atoms with van der Waals surface area (Å²) < 4.78 is 0. The van der Waals surface area contributed by atoms with Crippen molar-refractivity contribution in [3.05, 3.63) is 99.7 Å². The number of aryl methyl sites for hydroxylation is 3. The Hall–Kier alpha value is -3.37. The molecule has 4 rings (SSSR count). The first kappa shape index (κ1) is 19.9. The number of rotatable bonds is 4. The minimum atomic E-state index is -0.381. The van der Waals surface area contributed by atoms with E-state index in [4.69, 9.17) is 11.6 Å². The molecule has 0 bridgehead atoms. The van der Waals surface area contributed by atoms with Gasteiger partial charge in [0.05, 0.1) is 11.3 Å². The molecular weight excluding hydrogens is 396 g/mol. The summed E-state index contributed by atoms with van der Waals surface area (Å²) in [4.78, 5) is 28.0. The summed E-state index contributed by atoms with van der Waals surface area (Å²) in [5.41, 5.74) is 5.74. The van der Waals surface area contributed by atoms with Gasteiger partial charge in [-0.1, -0.05) is 47.5 Å². The second kappa shape index (κ2) is 7.81. The molecule has 1 aliphatic rings. The fourth-order valence-corrected chi connectivity index (χ4v) is 3.54. The molecule has 0 aliphatic carbocycles. The summed E-state index contributed by atoms with van der Waals surface area (Å²) in [7, 11) is 0. The van der Waals surface area contributed by atoms with Crippen LogP contribution < -0.4 is 10.2 Å². The largest absolute Gasteiger partial charge is 0.350 e. The predicted molar refractivity (Wildman–Crippen MR) is 122 cm³/mol. The minimum Gasteiger partial charge on any atom is -0.350 e. The molecular formula is C25H21ClN2O2. The molecule has 1 aliphatic heterocycles. The number of hydrogen-bond donors (Lipinski definition) is 1. The molecule has 30 heavy (non-hydrogen) atoms. The van der Waals surface area contributed by atoms with Crippen LogP contribution in [0.25, 0.3) is 5.57 Å². The SMILES string of the molecule is Cc1ccc(NC2=C(c3ccc(Cl)cc3)C(=O)N(c3ccc(C)c(C)c3)C2=O)cc1. The van der Waals surface area contributed by atoms with Crippen LogP contribution in [0.15, 0.2) is 72.4 Å². The van der Waals surface area contributed by atoms with Crippen molar-refractivity contribution in [1.82, 2.24) is 0 Å². The molecule has 1 heterocycles. The Kier molecular flexibility index (Phi) is 5.18. The topological polar surface area (TPSA) is 49.4 Å². The van der Waals surface area contributed by atoms with E-state index in [0.29, 0.717) is 21.8 Å². The maximum absolute atomic E-state index is 13.4. The number of hydrogen-bond acceptors (Lipinski definition) is 3. The molecule has 1 N–H and O–H groups in total. The lowest BCUT2D eigenvalue weighted by Gasteiger charge is -2.17. The van der Waals surface area contributed by atoms with Gasteiger partial charge in [0, 0.05) is 10.7 Å². The first-order valence-corrected chi connectivity index (χ1v) is 10.0. The number of anilines is 2. The Morgan fingerprint density at radius 1 is 0.767 bits per heavy atom. The van der Waals surface area contributed by atoms with Crippen molar-refractivity contribution in [1.29, 1.82) is 0 Å². The third-order valence-electron chi connectivity index (χ3n) is 5.29. The fourth-order valence-electron chi connectivity index (χ4n) is 3.41. The average Bonchev–Trinajstić information content (AvgIpc) is 2.96. The monoisotopic (exact) mass is 416 g/mol. The summed E-state index contributed by atoms with van der Waals surface area (Å²) in [5, 5.41) is 3.74. The summed E-state index contributed by atoms with van der Waals surface area (Å²) in [5.74, 6) is -0.742. The lowest BCUT2D eigenvalue weighted by atomic mass is 10.0.